The highest BCUT2D eigenvalue weighted by Crippen LogP contribution is 1.95. The fourth-order valence-electron chi connectivity index (χ4n) is 0.714. The predicted octanol–water partition coefficient (Wildman–Crippen LogP) is -1.01. The summed E-state index contributed by atoms with van der Waals surface area (Å²) in [6.07, 6.45) is 0. The largest absolute Gasteiger partial charge is 0.464 e. The summed E-state index contributed by atoms with van der Waals surface area (Å²) in [6.45, 7) is 0. The number of carbonyl (C=O) groups is 1. The molecule has 1 aromatic heterocycles. The fraction of sp³-hybridized carbons (Fsp3) is 0.167. The highest BCUT2D eigenvalue weighted by Gasteiger charge is 2.16. The van der Waals surface area contributed by atoms with Crippen LogP contribution in [0.15, 0.2) is 9.59 Å². The Morgan fingerprint density at radius 3 is 2.54 bits per heavy atom. The van der Waals surface area contributed by atoms with Crippen molar-refractivity contribution in [2.75, 3.05) is 7.11 Å². The van der Waals surface area contributed by atoms with E-state index in [2.05, 4.69) is 4.74 Å². The van der Waals surface area contributed by atoms with Crippen molar-refractivity contribution in [1.29, 1.82) is 0 Å². The van der Waals surface area contributed by atoms with E-state index in [1.165, 1.54) is 0 Å². The summed E-state index contributed by atoms with van der Waals surface area (Å²) >= 11 is 0. The van der Waals surface area contributed by atoms with Gasteiger partial charge in [0.05, 0.1) is 7.11 Å². The second-order valence-electron chi connectivity index (χ2n) is 2.09. The first-order valence-electron chi connectivity index (χ1n) is 3.16. The van der Waals surface area contributed by atoms with E-state index in [-0.39, 0.29) is 0 Å². The molecule has 13 heavy (non-hydrogen) atoms. The minimum absolute atomic E-state index is 0.781. The van der Waals surface area contributed by atoms with Crippen LogP contribution in [0.3, 0.4) is 0 Å². The molecule has 0 aliphatic rings. The lowest BCUT2D eigenvalue weighted by molar-refractivity contribution is 0.0587. The second-order valence-corrected chi connectivity index (χ2v) is 2.09. The highest BCUT2D eigenvalue weighted by atomic mass is 19.1. The summed E-state index contributed by atoms with van der Waals surface area (Å²) in [5.41, 5.74) is -3.01. The number of halogens is 1. The summed E-state index contributed by atoms with van der Waals surface area (Å²) in [5, 5.41) is 0. The van der Waals surface area contributed by atoms with Crippen molar-refractivity contribution in [3.63, 3.8) is 0 Å². The zero-order chi connectivity index (χ0) is 10.0. The van der Waals surface area contributed by atoms with Gasteiger partial charge in [-0.1, -0.05) is 0 Å². The molecule has 1 heterocycles. The van der Waals surface area contributed by atoms with Gasteiger partial charge >= 0.3 is 11.7 Å². The molecule has 0 aliphatic heterocycles. The van der Waals surface area contributed by atoms with E-state index in [1.807, 2.05) is 0 Å². The van der Waals surface area contributed by atoms with E-state index >= 15 is 0 Å². The van der Waals surface area contributed by atoms with Gasteiger partial charge in [-0.15, -0.1) is 0 Å². The molecule has 0 atom stereocenters. The van der Waals surface area contributed by atoms with Crippen molar-refractivity contribution < 1.29 is 13.9 Å². The molecule has 70 valence electrons. The van der Waals surface area contributed by atoms with Crippen molar-refractivity contribution >= 4 is 5.97 Å². The molecule has 2 N–H and O–H groups in total. The van der Waals surface area contributed by atoms with E-state index < -0.39 is 28.7 Å². The number of aromatic amines is 2. The van der Waals surface area contributed by atoms with E-state index in [1.54, 1.807) is 9.97 Å². The number of hydrogen-bond acceptors (Lipinski definition) is 4. The summed E-state index contributed by atoms with van der Waals surface area (Å²) in [4.78, 5) is 35.4. The number of nitrogens with one attached hydrogen (secondary N) is 2. The van der Waals surface area contributed by atoms with Crippen LogP contribution in [-0.4, -0.2) is 23.0 Å². The summed E-state index contributed by atoms with van der Waals surface area (Å²) in [5.74, 6) is -2.48. The maximum Gasteiger partial charge on any atom is 0.357 e. The number of esters is 1. The topological polar surface area (TPSA) is 92.0 Å². The molecule has 0 unspecified atom stereocenters. The van der Waals surface area contributed by atoms with E-state index in [4.69, 9.17) is 0 Å². The number of aromatic nitrogens is 2. The molecule has 7 heteroatoms. The minimum atomic E-state index is -1.37. The molecule has 0 bridgehead atoms. The zero-order valence-corrected chi connectivity index (χ0v) is 6.51. The first kappa shape index (κ1) is 9.17. The van der Waals surface area contributed by atoms with Gasteiger partial charge in [0, 0.05) is 0 Å². The molecule has 0 amide bonds. The van der Waals surface area contributed by atoms with Crippen LogP contribution < -0.4 is 11.2 Å². The normalized spacial score (nSPS) is 9.69. The Morgan fingerprint density at radius 1 is 1.38 bits per heavy atom. The van der Waals surface area contributed by atoms with Gasteiger partial charge in [0.15, 0.2) is 5.69 Å². The minimum Gasteiger partial charge on any atom is -0.464 e. The SMILES string of the molecule is COC(=O)c1[nH]c(=O)[nH]c(=O)c1F. The van der Waals surface area contributed by atoms with Crippen molar-refractivity contribution in [1.82, 2.24) is 9.97 Å². The molecule has 1 aromatic rings. The third kappa shape index (κ3) is 1.63. The number of hydrogen-bond donors (Lipinski definition) is 2. The molecule has 0 fully saturated rings. The maximum absolute atomic E-state index is 12.8. The van der Waals surface area contributed by atoms with Gasteiger partial charge in [0.2, 0.25) is 5.82 Å². The number of rotatable bonds is 1. The van der Waals surface area contributed by atoms with E-state index in [0.29, 0.717) is 0 Å². The second kappa shape index (κ2) is 3.21. The summed E-state index contributed by atoms with van der Waals surface area (Å²) < 4.78 is 16.9. The maximum atomic E-state index is 12.8. The van der Waals surface area contributed by atoms with Crippen LogP contribution in [0.4, 0.5) is 4.39 Å². The van der Waals surface area contributed by atoms with Gasteiger partial charge in [-0.25, -0.2) is 9.59 Å². The van der Waals surface area contributed by atoms with Crippen molar-refractivity contribution in [3.05, 3.63) is 32.3 Å². The van der Waals surface area contributed by atoms with Gasteiger partial charge in [-0.2, -0.15) is 4.39 Å². The fourth-order valence-corrected chi connectivity index (χ4v) is 0.714. The molecule has 6 nitrogen and oxygen atoms in total. The van der Waals surface area contributed by atoms with Crippen LogP contribution in [0.1, 0.15) is 10.5 Å². The van der Waals surface area contributed by atoms with E-state index in [9.17, 15) is 18.8 Å². The van der Waals surface area contributed by atoms with Crippen LogP contribution in [0.5, 0.6) is 0 Å². The van der Waals surface area contributed by atoms with Crippen molar-refractivity contribution in [2.24, 2.45) is 0 Å². The first-order chi connectivity index (χ1) is 6.06. The van der Waals surface area contributed by atoms with Crippen molar-refractivity contribution in [2.45, 2.75) is 0 Å². The van der Waals surface area contributed by atoms with Crippen molar-refractivity contribution in [3.8, 4) is 0 Å². The van der Waals surface area contributed by atoms with Gasteiger partial charge in [-0.3, -0.25) is 14.8 Å². The molecule has 0 saturated carbocycles. The Balaban J connectivity index is 3.46. The lowest BCUT2D eigenvalue weighted by atomic mass is 10.4. The Morgan fingerprint density at radius 2 is 2.00 bits per heavy atom. The monoisotopic (exact) mass is 188 g/mol. The summed E-state index contributed by atoms with van der Waals surface area (Å²) in [6, 6.07) is 0. The van der Waals surface area contributed by atoms with Crippen LogP contribution in [-0.2, 0) is 4.74 Å². The average Bonchev–Trinajstić information content (AvgIpc) is 2.10. The smallest absolute Gasteiger partial charge is 0.357 e. The lowest BCUT2D eigenvalue weighted by Gasteiger charge is -1.97. The number of methoxy groups -OCH3 is 1. The van der Waals surface area contributed by atoms with Crippen LogP contribution in [0, 0.1) is 5.82 Å². The van der Waals surface area contributed by atoms with Crippen LogP contribution in [0.2, 0.25) is 0 Å². The van der Waals surface area contributed by atoms with E-state index in [0.717, 1.165) is 7.11 Å². The van der Waals surface area contributed by atoms with Crippen LogP contribution >= 0.6 is 0 Å². The van der Waals surface area contributed by atoms with Gasteiger partial charge in [0.25, 0.3) is 5.56 Å². The average molecular weight is 188 g/mol. The predicted molar refractivity (Wildman–Crippen MR) is 39.0 cm³/mol. The number of carbonyl (C=O) groups excluding carboxylic acids is 1. The Kier molecular flexibility index (Phi) is 2.27. The number of H-pyrrole nitrogens is 2. The quantitative estimate of drug-likeness (QED) is 0.552. The highest BCUT2D eigenvalue weighted by molar-refractivity contribution is 5.87. The summed E-state index contributed by atoms with van der Waals surface area (Å²) in [7, 11) is 1.00. The molecular formula is C6H5FN2O4. The first-order valence-corrected chi connectivity index (χ1v) is 3.16. The molecule has 0 aliphatic carbocycles. The third-order valence-electron chi connectivity index (χ3n) is 1.27. The molecule has 1 rings (SSSR count). The standard InChI is InChI=1S/C6H5FN2O4/c1-13-5(11)3-2(7)4(10)9-6(12)8-3/h1H3,(H2,8,9,10,12). The third-order valence-corrected chi connectivity index (χ3v) is 1.27. The molecule has 0 radical (unpaired) electrons. The van der Waals surface area contributed by atoms with Crippen LogP contribution in [0.25, 0.3) is 0 Å². The van der Waals surface area contributed by atoms with Gasteiger partial charge < -0.3 is 4.74 Å². The lowest BCUT2D eigenvalue weighted by Crippen LogP contribution is -2.29. The molecule has 0 spiro atoms. The molecule has 0 saturated heterocycles. The Labute approximate surface area is 70.4 Å². The Bertz CT molecular complexity index is 447. The number of ether oxygens (including phenoxy) is 1. The Hall–Kier alpha value is -1.92. The molecule has 0 aromatic carbocycles. The zero-order valence-electron chi connectivity index (χ0n) is 6.51. The van der Waals surface area contributed by atoms with Gasteiger partial charge in [0.1, 0.15) is 0 Å². The molecular weight excluding hydrogens is 183 g/mol. The van der Waals surface area contributed by atoms with Gasteiger partial charge in [-0.05, 0) is 0 Å².